The zero-order valence-corrected chi connectivity index (χ0v) is 13.0. The van der Waals surface area contributed by atoms with Gasteiger partial charge in [-0.2, -0.15) is 5.10 Å². The molecule has 1 aliphatic rings. The molecule has 3 heterocycles. The molecule has 0 N–H and O–H groups in total. The molecule has 6 nitrogen and oxygen atoms in total. The van der Waals surface area contributed by atoms with Gasteiger partial charge in [-0.3, -0.25) is 9.58 Å². The summed E-state index contributed by atoms with van der Waals surface area (Å²) in [5.74, 6) is 1.73. The molecule has 1 fully saturated rings. The number of rotatable bonds is 5. The maximum Gasteiger partial charge on any atom is 0.230 e. The van der Waals surface area contributed by atoms with Crippen LogP contribution in [0.1, 0.15) is 50.0 Å². The van der Waals surface area contributed by atoms with Crippen molar-refractivity contribution in [2.75, 3.05) is 6.54 Å². The molecule has 1 aliphatic heterocycles. The van der Waals surface area contributed by atoms with Crippen molar-refractivity contribution < 1.29 is 4.42 Å². The van der Waals surface area contributed by atoms with Gasteiger partial charge >= 0.3 is 0 Å². The van der Waals surface area contributed by atoms with Crippen LogP contribution in [0, 0.1) is 6.92 Å². The number of nitrogens with zero attached hydrogens (tertiary/aromatic N) is 5. The minimum absolute atomic E-state index is 0.285. The van der Waals surface area contributed by atoms with Gasteiger partial charge in [0, 0.05) is 18.2 Å². The maximum absolute atomic E-state index is 5.72. The first-order valence-corrected chi connectivity index (χ1v) is 7.67. The quantitative estimate of drug-likeness (QED) is 0.845. The van der Waals surface area contributed by atoms with E-state index in [1.807, 2.05) is 10.9 Å². The Morgan fingerprint density at radius 2 is 2.24 bits per heavy atom. The monoisotopic (exact) mass is 289 g/mol. The van der Waals surface area contributed by atoms with Crippen LogP contribution in [0.25, 0.3) is 0 Å². The fraction of sp³-hybridized carbons (Fsp3) is 0.667. The van der Waals surface area contributed by atoms with E-state index in [2.05, 4.69) is 47.2 Å². The summed E-state index contributed by atoms with van der Waals surface area (Å²) in [6, 6.07) is 0.499. The Balaban J connectivity index is 1.63. The highest BCUT2D eigenvalue weighted by molar-refractivity contribution is 5.00. The Labute approximate surface area is 125 Å². The summed E-state index contributed by atoms with van der Waals surface area (Å²) in [4.78, 5) is 2.43. The van der Waals surface area contributed by atoms with Crippen LogP contribution in [-0.2, 0) is 13.1 Å². The molecule has 2 aromatic rings. The number of aryl methyl sites for hydroxylation is 1. The largest absolute Gasteiger partial charge is 0.424 e. The van der Waals surface area contributed by atoms with Gasteiger partial charge in [-0.05, 0) is 31.9 Å². The van der Waals surface area contributed by atoms with E-state index in [-0.39, 0.29) is 5.92 Å². The second-order valence-electron chi connectivity index (χ2n) is 6.19. The highest BCUT2D eigenvalue weighted by atomic mass is 16.4. The SMILES string of the molecule is Cc1cnn(CC2CCCN2Cc2nnc(C(C)C)o2)c1. The van der Waals surface area contributed by atoms with Crippen molar-refractivity contribution in [3.05, 3.63) is 29.7 Å². The smallest absolute Gasteiger partial charge is 0.230 e. The predicted molar refractivity (Wildman–Crippen MR) is 78.8 cm³/mol. The summed E-state index contributed by atoms with van der Waals surface area (Å²) in [6.45, 7) is 8.96. The van der Waals surface area contributed by atoms with E-state index < -0.39 is 0 Å². The van der Waals surface area contributed by atoms with E-state index in [9.17, 15) is 0 Å². The molecular weight excluding hydrogens is 266 g/mol. The Morgan fingerprint density at radius 1 is 1.38 bits per heavy atom. The van der Waals surface area contributed by atoms with E-state index in [4.69, 9.17) is 4.42 Å². The highest BCUT2D eigenvalue weighted by Gasteiger charge is 2.26. The molecule has 0 radical (unpaired) electrons. The Bertz CT molecular complexity index is 588. The van der Waals surface area contributed by atoms with E-state index in [0.29, 0.717) is 6.04 Å². The first kappa shape index (κ1) is 14.3. The van der Waals surface area contributed by atoms with Crippen LogP contribution in [-0.4, -0.2) is 37.5 Å². The number of aromatic nitrogens is 4. The lowest BCUT2D eigenvalue weighted by Crippen LogP contribution is -2.32. The Kier molecular flexibility index (Phi) is 4.05. The lowest BCUT2D eigenvalue weighted by Gasteiger charge is -2.22. The van der Waals surface area contributed by atoms with Crippen molar-refractivity contribution in [2.45, 2.75) is 58.7 Å². The molecule has 1 unspecified atom stereocenters. The zero-order chi connectivity index (χ0) is 14.8. The number of likely N-dealkylation sites (tertiary alicyclic amines) is 1. The van der Waals surface area contributed by atoms with E-state index in [1.165, 1.54) is 18.4 Å². The standard InChI is InChI=1S/C15H23N5O/c1-11(2)15-18-17-14(21-15)10-19-6-4-5-13(19)9-20-8-12(3)7-16-20/h7-8,11,13H,4-6,9-10H2,1-3H3. The summed E-state index contributed by atoms with van der Waals surface area (Å²) in [7, 11) is 0. The molecule has 0 amide bonds. The van der Waals surface area contributed by atoms with Crippen molar-refractivity contribution in [2.24, 2.45) is 0 Å². The third-order valence-corrected chi connectivity index (χ3v) is 3.97. The topological polar surface area (TPSA) is 60.0 Å². The normalized spacial score (nSPS) is 19.7. The molecule has 0 saturated carbocycles. The van der Waals surface area contributed by atoms with E-state index in [1.54, 1.807) is 0 Å². The third kappa shape index (κ3) is 3.32. The molecule has 21 heavy (non-hydrogen) atoms. The lowest BCUT2D eigenvalue weighted by atomic mass is 10.2. The Hall–Kier alpha value is -1.69. The van der Waals surface area contributed by atoms with Crippen molar-refractivity contribution in [3.8, 4) is 0 Å². The van der Waals surface area contributed by atoms with Gasteiger partial charge in [0.05, 0.1) is 19.3 Å². The number of hydrogen-bond donors (Lipinski definition) is 0. The average Bonchev–Trinajstić information content (AvgIpc) is 3.14. The van der Waals surface area contributed by atoms with Gasteiger partial charge in [0.1, 0.15) is 0 Å². The fourth-order valence-electron chi connectivity index (χ4n) is 2.83. The van der Waals surface area contributed by atoms with Crippen LogP contribution >= 0.6 is 0 Å². The summed E-state index contributed by atoms with van der Waals surface area (Å²) < 4.78 is 7.76. The maximum atomic E-state index is 5.72. The van der Waals surface area contributed by atoms with E-state index in [0.717, 1.165) is 31.4 Å². The van der Waals surface area contributed by atoms with Crippen LogP contribution in [0.15, 0.2) is 16.8 Å². The molecule has 114 valence electrons. The second-order valence-corrected chi connectivity index (χ2v) is 6.19. The van der Waals surface area contributed by atoms with Crippen LogP contribution in [0.3, 0.4) is 0 Å². The predicted octanol–water partition coefficient (Wildman–Crippen LogP) is 2.36. The first-order valence-electron chi connectivity index (χ1n) is 7.67. The van der Waals surface area contributed by atoms with Crippen molar-refractivity contribution >= 4 is 0 Å². The van der Waals surface area contributed by atoms with Gasteiger partial charge in [-0.1, -0.05) is 13.8 Å². The third-order valence-electron chi connectivity index (χ3n) is 3.97. The Morgan fingerprint density at radius 3 is 2.90 bits per heavy atom. The molecule has 3 rings (SSSR count). The molecule has 6 heteroatoms. The molecule has 0 spiro atoms. The van der Waals surface area contributed by atoms with Gasteiger partial charge in [-0.15, -0.1) is 10.2 Å². The van der Waals surface area contributed by atoms with Crippen LogP contribution in [0.4, 0.5) is 0 Å². The van der Waals surface area contributed by atoms with Gasteiger partial charge in [0.25, 0.3) is 0 Å². The van der Waals surface area contributed by atoms with Crippen molar-refractivity contribution in [3.63, 3.8) is 0 Å². The van der Waals surface area contributed by atoms with Gasteiger partial charge < -0.3 is 4.42 Å². The van der Waals surface area contributed by atoms with Crippen LogP contribution < -0.4 is 0 Å². The van der Waals surface area contributed by atoms with Gasteiger partial charge in [-0.25, -0.2) is 0 Å². The molecule has 0 aliphatic carbocycles. The average molecular weight is 289 g/mol. The first-order chi connectivity index (χ1) is 10.1. The lowest BCUT2D eigenvalue weighted by molar-refractivity contribution is 0.198. The highest BCUT2D eigenvalue weighted by Crippen LogP contribution is 2.22. The minimum atomic E-state index is 0.285. The molecular formula is C15H23N5O. The molecule has 2 aromatic heterocycles. The summed E-state index contributed by atoms with van der Waals surface area (Å²) >= 11 is 0. The molecule has 1 atom stereocenters. The molecule has 0 aromatic carbocycles. The van der Waals surface area contributed by atoms with Crippen LogP contribution in [0.5, 0.6) is 0 Å². The summed E-state index contributed by atoms with van der Waals surface area (Å²) in [6.07, 6.45) is 6.42. The van der Waals surface area contributed by atoms with Crippen molar-refractivity contribution in [1.29, 1.82) is 0 Å². The molecule has 0 bridgehead atoms. The minimum Gasteiger partial charge on any atom is -0.424 e. The van der Waals surface area contributed by atoms with Gasteiger partial charge in [0.2, 0.25) is 11.8 Å². The van der Waals surface area contributed by atoms with Crippen LogP contribution in [0.2, 0.25) is 0 Å². The number of hydrogen-bond acceptors (Lipinski definition) is 5. The second kappa shape index (κ2) is 5.97. The molecule has 1 saturated heterocycles. The summed E-state index contributed by atoms with van der Waals surface area (Å²) in [5, 5.41) is 12.7. The van der Waals surface area contributed by atoms with E-state index >= 15 is 0 Å². The summed E-state index contributed by atoms with van der Waals surface area (Å²) in [5.41, 5.74) is 1.21. The van der Waals surface area contributed by atoms with Gasteiger partial charge in [0.15, 0.2) is 0 Å². The zero-order valence-electron chi connectivity index (χ0n) is 13.0. The fourth-order valence-corrected chi connectivity index (χ4v) is 2.83. The van der Waals surface area contributed by atoms with Crippen molar-refractivity contribution in [1.82, 2.24) is 24.9 Å².